The van der Waals surface area contributed by atoms with E-state index in [1.807, 2.05) is 23.5 Å². The number of hydrogen-bond donors (Lipinski definition) is 1. The van der Waals surface area contributed by atoms with Crippen LogP contribution in [0.25, 0.3) is 0 Å². The molecule has 0 aliphatic heterocycles. The summed E-state index contributed by atoms with van der Waals surface area (Å²) in [5.74, 6) is 3.26. The molecular weight excluding hydrogens is 210 g/mol. The zero-order chi connectivity index (χ0) is 10.2. The first-order valence-corrected chi connectivity index (χ1v) is 7.00. The Balaban J connectivity index is 2.38. The normalized spacial score (nSPS) is 10.4. The second-order valence-corrected chi connectivity index (χ2v) is 5.36. The Labute approximate surface area is 94.8 Å². The number of thioether (sulfide) groups is 2. The molecule has 0 atom stereocenters. The first-order valence-electron chi connectivity index (χ1n) is 4.86. The molecular formula is C11H17NS2. The monoisotopic (exact) mass is 227 g/mol. The van der Waals surface area contributed by atoms with Crippen LogP contribution < -0.4 is 5.73 Å². The zero-order valence-corrected chi connectivity index (χ0v) is 10.2. The highest BCUT2D eigenvalue weighted by atomic mass is 32.2. The van der Waals surface area contributed by atoms with Crippen LogP contribution in [-0.2, 0) is 5.75 Å². The lowest BCUT2D eigenvalue weighted by atomic mass is 10.2. The Morgan fingerprint density at radius 3 is 2.50 bits per heavy atom. The van der Waals surface area contributed by atoms with E-state index in [1.54, 1.807) is 0 Å². The Kier molecular flexibility index (Phi) is 6.15. The van der Waals surface area contributed by atoms with Crippen molar-refractivity contribution >= 4 is 23.5 Å². The van der Waals surface area contributed by atoms with Crippen LogP contribution in [0.1, 0.15) is 12.5 Å². The summed E-state index contributed by atoms with van der Waals surface area (Å²) in [6.45, 7) is 2.95. The first-order chi connectivity index (χ1) is 6.86. The van der Waals surface area contributed by atoms with Gasteiger partial charge in [0.25, 0.3) is 0 Å². The van der Waals surface area contributed by atoms with Gasteiger partial charge in [0.2, 0.25) is 0 Å². The molecule has 0 saturated heterocycles. The van der Waals surface area contributed by atoms with E-state index in [2.05, 4.69) is 31.2 Å². The van der Waals surface area contributed by atoms with Crippen LogP contribution in [0.2, 0.25) is 0 Å². The standard InChI is InChI=1S/C11H17NS2/c1-2-14-11-5-3-10(4-6-11)9-13-8-7-12/h3-6H,2,7-9,12H2,1H3. The zero-order valence-electron chi connectivity index (χ0n) is 8.53. The summed E-state index contributed by atoms with van der Waals surface area (Å²) in [6.07, 6.45) is 0. The summed E-state index contributed by atoms with van der Waals surface area (Å²) in [5, 5.41) is 0. The van der Waals surface area contributed by atoms with Gasteiger partial charge in [-0.15, -0.1) is 11.8 Å². The van der Waals surface area contributed by atoms with Crippen LogP contribution in [0.5, 0.6) is 0 Å². The maximum absolute atomic E-state index is 5.43. The fourth-order valence-corrected chi connectivity index (χ4v) is 2.52. The lowest BCUT2D eigenvalue weighted by Crippen LogP contribution is -2.01. The second kappa shape index (κ2) is 7.21. The van der Waals surface area contributed by atoms with Crippen molar-refractivity contribution in [3.05, 3.63) is 29.8 Å². The van der Waals surface area contributed by atoms with Crippen LogP contribution in [-0.4, -0.2) is 18.1 Å². The lowest BCUT2D eigenvalue weighted by molar-refractivity contribution is 1.15. The SMILES string of the molecule is CCSc1ccc(CSCCN)cc1. The van der Waals surface area contributed by atoms with Crippen molar-refractivity contribution in [3.63, 3.8) is 0 Å². The fraction of sp³-hybridized carbons (Fsp3) is 0.455. The average Bonchev–Trinajstić information content (AvgIpc) is 2.21. The van der Waals surface area contributed by atoms with Gasteiger partial charge in [0.05, 0.1) is 0 Å². The van der Waals surface area contributed by atoms with Crippen LogP contribution >= 0.6 is 23.5 Å². The summed E-state index contributed by atoms with van der Waals surface area (Å²) < 4.78 is 0. The summed E-state index contributed by atoms with van der Waals surface area (Å²) in [4.78, 5) is 1.36. The van der Waals surface area contributed by atoms with E-state index in [4.69, 9.17) is 5.73 Å². The van der Waals surface area contributed by atoms with Gasteiger partial charge in [0.1, 0.15) is 0 Å². The van der Waals surface area contributed by atoms with Gasteiger partial charge in [0, 0.05) is 22.9 Å². The van der Waals surface area contributed by atoms with Crippen molar-refractivity contribution in [1.29, 1.82) is 0 Å². The number of nitrogens with two attached hydrogens (primary N) is 1. The van der Waals surface area contributed by atoms with Crippen LogP contribution in [0.15, 0.2) is 29.2 Å². The largest absolute Gasteiger partial charge is 0.330 e. The van der Waals surface area contributed by atoms with Gasteiger partial charge in [-0.25, -0.2) is 0 Å². The summed E-state index contributed by atoms with van der Waals surface area (Å²) in [5.41, 5.74) is 6.82. The Bertz CT molecular complexity index is 246. The van der Waals surface area contributed by atoms with E-state index in [9.17, 15) is 0 Å². The van der Waals surface area contributed by atoms with Crippen LogP contribution in [0.3, 0.4) is 0 Å². The molecule has 1 nitrogen and oxygen atoms in total. The third-order valence-electron chi connectivity index (χ3n) is 1.77. The minimum atomic E-state index is 0.772. The highest BCUT2D eigenvalue weighted by Crippen LogP contribution is 2.19. The lowest BCUT2D eigenvalue weighted by Gasteiger charge is -2.02. The molecule has 0 aliphatic rings. The Hall–Kier alpha value is -0.120. The predicted molar refractivity (Wildman–Crippen MR) is 68.1 cm³/mol. The average molecular weight is 227 g/mol. The molecule has 2 N–H and O–H groups in total. The molecule has 0 unspecified atom stereocenters. The first kappa shape index (κ1) is 12.0. The van der Waals surface area contributed by atoms with E-state index >= 15 is 0 Å². The summed E-state index contributed by atoms with van der Waals surface area (Å²) in [7, 11) is 0. The fourth-order valence-electron chi connectivity index (χ4n) is 1.12. The predicted octanol–water partition coefficient (Wildman–Crippen LogP) is 2.99. The van der Waals surface area contributed by atoms with Crippen molar-refractivity contribution in [2.24, 2.45) is 5.73 Å². The van der Waals surface area contributed by atoms with E-state index in [0.717, 1.165) is 23.8 Å². The molecule has 1 aromatic rings. The Morgan fingerprint density at radius 1 is 1.21 bits per heavy atom. The molecule has 3 heteroatoms. The maximum Gasteiger partial charge on any atom is 0.0185 e. The van der Waals surface area contributed by atoms with Gasteiger partial charge in [-0.2, -0.15) is 11.8 Å². The molecule has 0 aliphatic carbocycles. The van der Waals surface area contributed by atoms with Gasteiger partial charge in [0.15, 0.2) is 0 Å². The quantitative estimate of drug-likeness (QED) is 0.597. The molecule has 1 aromatic carbocycles. The molecule has 0 radical (unpaired) electrons. The van der Waals surface area contributed by atoms with Gasteiger partial charge in [-0.3, -0.25) is 0 Å². The van der Waals surface area contributed by atoms with Crippen LogP contribution in [0, 0.1) is 0 Å². The van der Waals surface area contributed by atoms with Crippen molar-refractivity contribution in [1.82, 2.24) is 0 Å². The maximum atomic E-state index is 5.43. The number of benzene rings is 1. The Morgan fingerprint density at radius 2 is 1.93 bits per heavy atom. The van der Waals surface area contributed by atoms with Crippen molar-refractivity contribution in [2.75, 3.05) is 18.1 Å². The van der Waals surface area contributed by atoms with E-state index in [1.165, 1.54) is 10.5 Å². The van der Waals surface area contributed by atoms with Gasteiger partial charge < -0.3 is 5.73 Å². The number of hydrogen-bond acceptors (Lipinski definition) is 3. The van der Waals surface area contributed by atoms with E-state index in [0.29, 0.717) is 0 Å². The smallest absolute Gasteiger partial charge is 0.0185 e. The van der Waals surface area contributed by atoms with Crippen molar-refractivity contribution in [2.45, 2.75) is 17.6 Å². The molecule has 0 heterocycles. The molecule has 0 spiro atoms. The molecule has 78 valence electrons. The van der Waals surface area contributed by atoms with Gasteiger partial charge >= 0.3 is 0 Å². The highest BCUT2D eigenvalue weighted by Gasteiger charge is 1.94. The van der Waals surface area contributed by atoms with Gasteiger partial charge in [-0.05, 0) is 23.4 Å². The van der Waals surface area contributed by atoms with E-state index in [-0.39, 0.29) is 0 Å². The minimum Gasteiger partial charge on any atom is -0.330 e. The molecule has 0 fully saturated rings. The molecule has 0 amide bonds. The molecule has 1 rings (SSSR count). The van der Waals surface area contributed by atoms with Crippen LogP contribution in [0.4, 0.5) is 0 Å². The molecule has 0 bridgehead atoms. The summed E-state index contributed by atoms with van der Waals surface area (Å²) >= 11 is 3.78. The number of rotatable bonds is 6. The molecule has 0 aromatic heterocycles. The topological polar surface area (TPSA) is 26.0 Å². The van der Waals surface area contributed by atoms with E-state index < -0.39 is 0 Å². The van der Waals surface area contributed by atoms with Crippen molar-refractivity contribution < 1.29 is 0 Å². The minimum absolute atomic E-state index is 0.772. The highest BCUT2D eigenvalue weighted by molar-refractivity contribution is 7.99. The second-order valence-electron chi connectivity index (χ2n) is 2.92. The molecule has 14 heavy (non-hydrogen) atoms. The molecule has 0 saturated carbocycles. The third-order valence-corrected chi connectivity index (χ3v) is 3.72. The third kappa shape index (κ3) is 4.40. The summed E-state index contributed by atoms with van der Waals surface area (Å²) in [6, 6.07) is 8.82. The van der Waals surface area contributed by atoms with Crippen molar-refractivity contribution in [3.8, 4) is 0 Å². The van der Waals surface area contributed by atoms with Gasteiger partial charge in [-0.1, -0.05) is 19.1 Å².